The number of rotatable bonds is 4. The average Bonchev–Trinajstić information content (AvgIpc) is 2.74. The molecule has 3 aliphatic rings. The van der Waals surface area contributed by atoms with Gasteiger partial charge in [0.15, 0.2) is 0 Å². The molecule has 2 atom stereocenters. The molecule has 2 unspecified atom stereocenters. The van der Waals surface area contributed by atoms with Crippen LogP contribution in [-0.4, -0.2) is 0 Å². The lowest BCUT2D eigenvalue weighted by Crippen LogP contribution is -2.28. The van der Waals surface area contributed by atoms with Crippen LogP contribution in [0.3, 0.4) is 0 Å². The third-order valence-electron chi connectivity index (χ3n) is 8.05. The summed E-state index contributed by atoms with van der Waals surface area (Å²) in [5.74, 6) is 5.38. The van der Waals surface area contributed by atoms with Gasteiger partial charge in [-0.3, -0.25) is 0 Å². The minimum absolute atomic E-state index is 1.01. The van der Waals surface area contributed by atoms with E-state index in [4.69, 9.17) is 0 Å². The summed E-state index contributed by atoms with van der Waals surface area (Å²) in [6.07, 6.45) is 27.8. The largest absolute Gasteiger partial charge is 0.0625 e. The Morgan fingerprint density at radius 3 is 1.88 bits per heavy atom. The maximum absolute atomic E-state index is 2.49. The van der Waals surface area contributed by atoms with Gasteiger partial charge in [-0.05, 0) is 55.3 Å². The molecule has 0 aromatic carbocycles. The van der Waals surface area contributed by atoms with Crippen molar-refractivity contribution in [3.05, 3.63) is 0 Å². The van der Waals surface area contributed by atoms with Crippen LogP contribution in [0.2, 0.25) is 0 Å². The van der Waals surface area contributed by atoms with E-state index in [2.05, 4.69) is 6.92 Å². The van der Waals surface area contributed by atoms with E-state index in [9.17, 15) is 0 Å². The van der Waals surface area contributed by atoms with Crippen molar-refractivity contribution >= 4 is 0 Å². The lowest BCUT2D eigenvalue weighted by atomic mass is 9.67. The summed E-state index contributed by atoms with van der Waals surface area (Å²) < 4.78 is 0. The highest BCUT2D eigenvalue weighted by Crippen LogP contribution is 2.43. The second-order valence-corrected chi connectivity index (χ2v) is 9.87. The van der Waals surface area contributed by atoms with Gasteiger partial charge in [-0.25, -0.2) is 0 Å². The van der Waals surface area contributed by atoms with Crippen molar-refractivity contribution in [2.45, 2.75) is 122 Å². The van der Waals surface area contributed by atoms with Crippen LogP contribution in [0.1, 0.15) is 122 Å². The molecule has 0 aliphatic heterocycles. The summed E-state index contributed by atoms with van der Waals surface area (Å²) >= 11 is 0. The quantitative estimate of drug-likeness (QED) is 0.487. The molecule has 0 radical (unpaired) electrons. The molecule has 0 heterocycles. The Balaban J connectivity index is 1.57. The van der Waals surface area contributed by atoms with Crippen molar-refractivity contribution in [3.63, 3.8) is 0 Å². The van der Waals surface area contributed by atoms with Crippen LogP contribution in [0.25, 0.3) is 0 Å². The van der Waals surface area contributed by atoms with Gasteiger partial charge in [-0.15, -0.1) is 0 Å². The van der Waals surface area contributed by atoms with Gasteiger partial charge < -0.3 is 0 Å². The van der Waals surface area contributed by atoms with Crippen molar-refractivity contribution in [2.24, 2.45) is 29.6 Å². The van der Waals surface area contributed by atoms with E-state index in [-0.39, 0.29) is 0 Å². The van der Waals surface area contributed by atoms with Gasteiger partial charge in [0, 0.05) is 0 Å². The summed E-state index contributed by atoms with van der Waals surface area (Å²) in [7, 11) is 0. The first-order valence-electron chi connectivity index (χ1n) is 11.8. The normalized spacial score (nSPS) is 37.4. The van der Waals surface area contributed by atoms with Gasteiger partial charge >= 0.3 is 0 Å². The van der Waals surface area contributed by atoms with Crippen LogP contribution in [0, 0.1) is 29.6 Å². The summed E-state index contributed by atoms with van der Waals surface area (Å²) in [5.41, 5.74) is 0. The topological polar surface area (TPSA) is 0 Å². The molecule has 0 aromatic rings. The Hall–Kier alpha value is 0. The molecule has 3 aliphatic carbocycles. The minimum Gasteiger partial charge on any atom is -0.0625 e. The fourth-order valence-electron chi connectivity index (χ4n) is 6.39. The molecule has 0 nitrogen and oxygen atoms in total. The predicted octanol–water partition coefficient (Wildman–Crippen LogP) is 8.15. The molecule has 0 spiro atoms. The first-order valence-corrected chi connectivity index (χ1v) is 11.8. The third kappa shape index (κ3) is 5.77. The molecule has 0 N–H and O–H groups in total. The fourth-order valence-corrected chi connectivity index (χ4v) is 6.39. The molecule has 0 bridgehead atoms. The average molecular weight is 333 g/mol. The van der Waals surface area contributed by atoms with E-state index < -0.39 is 0 Å². The first-order chi connectivity index (χ1) is 11.8. The summed E-state index contributed by atoms with van der Waals surface area (Å²) in [6, 6.07) is 0. The monoisotopic (exact) mass is 332 g/mol. The summed E-state index contributed by atoms with van der Waals surface area (Å²) in [5, 5.41) is 0. The summed E-state index contributed by atoms with van der Waals surface area (Å²) in [4.78, 5) is 0. The van der Waals surface area contributed by atoms with Gasteiger partial charge in [-0.1, -0.05) is 96.8 Å². The maximum atomic E-state index is 2.49. The number of hydrogen-bond donors (Lipinski definition) is 0. The Bertz CT molecular complexity index is 319. The van der Waals surface area contributed by atoms with E-state index in [0.29, 0.717) is 0 Å². The molecule has 0 heteroatoms. The van der Waals surface area contributed by atoms with Crippen molar-refractivity contribution in [3.8, 4) is 0 Å². The van der Waals surface area contributed by atoms with Crippen molar-refractivity contribution in [1.82, 2.24) is 0 Å². The number of hydrogen-bond acceptors (Lipinski definition) is 0. The lowest BCUT2D eigenvalue weighted by molar-refractivity contribution is 0.126. The van der Waals surface area contributed by atoms with E-state index in [1.807, 2.05) is 0 Å². The Morgan fingerprint density at radius 2 is 1.12 bits per heavy atom. The van der Waals surface area contributed by atoms with Gasteiger partial charge in [0.05, 0.1) is 0 Å². The second kappa shape index (κ2) is 10.2. The van der Waals surface area contributed by atoms with Crippen LogP contribution >= 0.6 is 0 Å². The Labute approximate surface area is 152 Å². The highest BCUT2D eigenvalue weighted by Gasteiger charge is 2.32. The molecule has 3 saturated carbocycles. The zero-order chi connectivity index (χ0) is 16.6. The van der Waals surface area contributed by atoms with E-state index in [1.165, 1.54) is 64.2 Å². The van der Waals surface area contributed by atoms with Crippen LogP contribution < -0.4 is 0 Å². The van der Waals surface area contributed by atoms with Crippen LogP contribution in [0.5, 0.6) is 0 Å². The van der Waals surface area contributed by atoms with Crippen LogP contribution in [0.4, 0.5) is 0 Å². The zero-order valence-corrected chi connectivity index (χ0v) is 16.6. The standard InChI is InChI=1S/C24H44/c1-20-14-17-23(18-15-20)24-13-9-4-2-3-8-12-22(24)19-16-21-10-6-5-7-11-21/h20-24H,2-19H2,1H3. The van der Waals surface area contributed by atoms with Crippen LogP contribution in [-0.2, 0) is 0 Å². The van der Waals surface area contributed by atoms with Gasteiger partial charge in [0.25, 0.3) is 0 Å². The molecule has 3 fully saturated rings. The smallest absolute Gasteiger partial charge is 0.0357 e. The van der Waals surface area contributed by atoms with E-state index >= 15 is 0 Å². The molecule has 0 amide bonds. The maximum Gasteiger partial charge on any atom is -0.0357 e. The fraction of sp³-hybridized carbons (Fsp3) is 1.00. The highest BCUT2D eigenvalue weighted by atomic mass is 14.4. The molecule has 3 rings (SSSR count). The highest BCUT2D eigenvalue weighted by molar-refractivity contribution is 4.83. The minimum atomic E-state index is 1.01. The third-order valence-corrected chi connectivity index (χ3v) is 8.05. The van der Waals surface area contributed by atoms with E-state index in [1.54, 1.807) is 51.4 Å². The molecule has 0 aromatic heterocycles. The van der Waals surface area contributed by atoms with Crippen molar-refractivity contribution in [1.29, 1.82) is 0 Å². The SMILES string of the molecule is CC1CCC(C2CCCCCCCC2CCC2CCCCC2)CC1. The Kier molecular flexibility index (Phi) is 8.00. The molecule has 0 saturated heterocycles. The zero-order valence-electron chi connectivity index (χ0n) is 16.6. The Morgan fingerprint density at radius 1 is 0.542 bits per heavy atom. The lowest BCUT2D eigenvalue weighted by Gasteiger charge is -2.38. The van der Waals surface area contributed by atoms with Gasteiger partial charge in [-0.2, -0.15) is 0 Å². The second-order valence-electron chi connectivity index (χ2n) is 9.87. The summed E-state index contributed by atoms with van der Waals surface area (Å²) in [6.45, 7) is 2.49. The van der Waals surface area contributed by atoms with E-state index in [0.717, 1.165) is 29.6 Å². The van der Waals surface area contributed by atoms with Crippen molar-refractivity contribution in [2.75, 3.05) is 0 Å². The molecule has 24 heavy (non-hydrogen) atoms. The van der Waals surface area contributed by atoms with Crippen molar-refractivity contribution < 1.29 is 0 Å². The van der Waals surface area contributed by atoms with Gasteiger partial charge in [0.2, 0.25) is 0 Å². The molecule has 140 valence electrons. The van der Waals surface area contributed by atoms with Crippen LogP contribution in [0.15, 0.2) is 0 Å². The molecular weight excluding hydrogens is 288 g/mol. The predicted molar refractivity (Wildman–Crippen MR) is 106 cm³/mol. The first kappa shape index (κ1) is 18.8. The molecular formula is C24H44. The van der Waals surface area contributed by atoms with Gasteiger partial charge in [0.1, 0.15) is 0 Å².